The SMILES string of the molecule is C=C(CN(c1ccc(Cl)cc1)C1CC(C)(C)Oc2ccc(S(=C)N3CCCCC3)cc21)N(C)/C=C\C. The van der Waals surface area contributed by atoms with Crippen molar-refractivity contribution in [2.75, 3.05) is 31.6 Å². The van der Waals surface area contributed by atoms with Crippen LogP contribution < -0.4 is 9.64 Å². The van der Waals surface area contributed by atoms with E-state index < -0.39 is 0 Å². The Morgan fingerprint density at radius 2 is 1.86 bits per heavy atom. The third kappa shape index (κ3) is 6.19. The molecule has 2 atom stereocenters. The summed E-state index contributed by atoms with van der Waals surface area (Å²) >= 11 is 6.27. The summed E-state index contributed by atoms with van der Waals surface area (Å²) in [5.74, 6) is 5.56. The number of fused-ring (bicyclic) bond motifs is 1. The minimum atomic E-state index is -0.292. The Hall–Kier alpha value is -2.21. The highest BCUT2D eigenvalue weighted by atomic mass is 35.5. The first-order chi connectivity index (χ1) is 17.2. The zero-order valence-electron chi connectivity index (χ0n) is 22.2. The van der Waals surface area contributed by atoms with Crippen molar-refractivity contribution in [3.63, 3.8) is 0 Å². The van der Waals surface area contributed by atoms with Gasteiger partial charge in [-0.05, 0) is 82.3 Å². The van der Waals surface area contributed by atoms with Crippen LogP contribution in [0.15, 0.2) is 71.9 Å². The maximum atomic E-state index is 6.50. The summed E-state index contributed by atoms with van der Waals surface area (Å²) in [5.41, 5.74) is 3.08. The van der Waals surface area contributed by atoms with Crippen molar-refractivity contribution in [2.24, 2.45) is 0 Å². The number of ether oxygens (including phenoxy) is 1. The van der Waals surface area contributed by atoms with Gasteiger partial charge < -0.3 is 14.5 Å². The van der Waals surface area contributed by atoms with E-state index in [1.807, 2.05) is 25.1 Å². The molecule has 36 heavy (non-hydrogen) atoms. The highest BCUT2D eigenvalue weighted by Crippen LogP contribution is 2.46. The second-order valence-electron chi connectivity index (χ2n) is 10.4. The van der Waals surface area contributed by atoms with Gasteiger partial charge in [0.15, 0.2) is 0 Å². The van der Waals surface area contributed by atoms with E-state index in [0.717, 1.165) is 41.7 Å². The molecule has 4 rings (SSSR count). The van der Waals surface area contributed by atoms with E-state index >= 15 is 0 Å². The van der Waals surface area contributed by atoms with Gasteiger partial charge in [0.05, 0.1) is 12.6 Å². The number of rotatable bonds is 8. The Bertz CT molecular complexity index is 1120. The largest absolute Gasteiger partial charge is 0.487 e. The molecule has 0 aromatic heterocycles. The average molecular weight is 526 g/mol. The van der Waals surface area contributed by atoms with Crippen LogP contribution in [0.2, 0.25) is 5.02 Å². The Morgan fingerprint density at radius 3 is 2.53 bits per heavy atom. The molecule has 2 heterocycles. The summed E-state index contributed by atoms with van der Waals surface area (Å²) in [6, 6.07) is 15.0. The normalized spacial score (nSPS) is 20.4. The molecule has 1 saturated heterocycles. The van der Waals surface area contributed by atoms with E-state index in [2.05, 4.69) is 84.0 Å². The molecule has 0 bridgehead atoms. The molecule has 6 heteroatoms. The smallest absolute Gasteiger partial charge is 0.125 e. The monoisotopic (exact) mass is 525 g/mol. The number of piperidine rings is 1. The second-order valence-corrected chi connectivity index (χ2v) is 12.6. The summed E-state index contributed by atoms with van der Waals surface area (Å²) in [6.45, 7) is 13.7. The molecule has 1 fully saturated rings. The highest BCUT2D eigenvalue weighted by molar-refractivity contribution is 8.12. The summed E-state index contributed by atoms with van der Waals surface area (Å²) < 4.78 is 9.04. The van der Waals surface area contributed by atoms with E-state index in [4.69, 9.17) is 16.3 Å². The van der Waals surface area contributed by atoms with Crippen molar-refractivity contribution in [1.82, 2.24) is 9.21 Å². The number of benzene rings is 2. The Kier molecular flexibility index (Phi) is 8.54. The van der Waals surface area contributed by atoms with Crippen molar-refractivity contribution in [2.45, 2.75) is 63.0 Å². The molecule has 0 radical (unpaired) electrons. The van der Waals surface area contributed by atoms with Crippen LogP contribution in [-0.2, 0) is 0 Å². The first-order valence-corrected chi connectivity index (χ1v) is 14.6. The Balaban J connectivity index is 1.75. The summed E-state index contributed by atoms with van der Waals surface area (Å²) in [4.78, 5) is 5.83. The zero-order valence-corrected chi connectivity index (χ0v) is 23.7. The van der Waals surface area contributed by atoms with Gasteiger partial charge in [-0.3, -0.25) is 4.31 Å². The van der Waals surface area contributed by atoms with Crippen LogP contribution in [0, 0.1) is 0 Å². The lowest BCUT2D eigenvalue weighted by Crippen LogP contribution is -2.43. The van der Waals surface area contributed by atoms with Gasteiger partial charge in [0, 0.05) is 53.4 Å². The quantitative estimate of drug-likeness (QED) is 0.326. The van der Waals surface area contributed by atoms with Crippen LogP contribution in [0.25, 0.3) is 0 Å². The topological polar surface area (TPSA) is 19.0 Å². The van der Waals surface area contributed by atoms with Gasteiger partial charge in [-0.15, -0.1) is 0 Å². The van der Waals surface area contributed by atoms with Crippen molar-refractivity contribution >= 4 is 33.8 Å². The molecule has 2 unspecified atom stereocenters. The van der Waals surface area contributed by atoms with Gasteiger partial charge in [-0.1, -0.05) is 47.2 Å². The molecule has 4 nitrogen and oxygen atoms in total. The third-order valence-electron chi connectivity index (χ3n) is 7.07. The van der Waals surface area contributed by atoms with E-state index in [-0.39, 0.29) is 22.3 Å². The molecule has 0 aliphatic carbocycles. The highest BCUT2D eigenvalue weighted by Gasteiger charge is 2.38. The lowest BCUT2D eigenvalue weighted by Gasteiger charge is -2.44. The summed E-state index contributed by atoms with van der Waals surface area (Å²) in [7, 11) is 1.87. The van der Waals surface area contributed by atoms with E-state index in [1.54, 1.807) is 0 Å². The number of anilines is 1. The van der Waals surface area contributed by atoms with Crippen molar-refractivity contribution < 1.29 is 4.74 Å². The third-order valence-corrected chi connectivity index (χ3v) is 9.11. The number of nitrogens with zero attached hydrogens (tertiary/aromatic N) is 3. The van der Waals surface area contributed by atoms with Gasteiger partial charge in [-0.25, -0.2) is 0 Å². The van der Waals surface area contributed by atoms with Gasteiger partial charge >= 0.3 is 0 Å². The lowest BCUT2D eigenvalue weighted by atomic mass is 9.88. The van der Waals surface area contributed by atoms with Crippen LogP contribution in [0.3, 0.4) is 0 Å². The van der Waals surface area contributed by atoms with Crippen LogP contribution in [0.5, 0.6) is 5.75 Å². The molecule has 2 aliphatic heterocycles. The van der Waals surface area contributed by atoms with Crippen molar-refractivity contribution in [3.05, 3.63) is 77.6 Å². The molecule has 0 spiro atoms. The first kappa shape index (κ1) is 26.8. The second kappa shape index (κ2) is 11.5. The molecular weight excluding hydrogens is 486 g/mol. The van der Waals surface area contributed by atoms with Crippen LogP contribution >= 0.6 is 22.3 Å². The first-order valence-electron chi connectivity index (χ1n) is 12.9. The number of hydrogen-bond donors (Lipinski definition) is 0. The standard InChI is InChI=1S/C30H40ClN3OS/c1-7-17-32(5)23(2)22-34(25-13-11-24(31)12-14-25)28-21-30(3,4)35-29-16-15-26(20-27(28)29)36(6)33-18-9-8-10-19-33/h7,11-17,20,28H,2,6,8-10,18-19,21-22H2,1,3-5H3/b17-7-. The van der Waals surface area contributed by atoms with Gasteiger partial charge in [0.25, 0.3) is 0 Å². The molecular formula is C30H40ClN3OS. The minimum absolute atomic E-state index is 0.124. The molecule has 194 valence electrons. The molecule has 0 saturated carbocycles. The molecule has 2 aromatic rings. The van der Waals surface area contributed by atoms with E-state index in [0.29, 0.717) is 6.54 Å². The number of allylic oxidation sites excluding steroid dienone is 1. The van der Waals surface area contributed by atoms with Gasteiger partial charge in [0.1, 0.15) is 11.4 Å². The molecule has 0 amide bonds. The predicted molar refractivity (Wildman–Crippen MR) is 157 cm³/mol. The van der Waals surface area contributed by atoms with Crippen LogP contribution in [-0.4, -0.2) is 47.4 Å². The molecule has 0 N–H and O–H groups in total. The summed E-state index contributed by atoms with van der Waals surface area (Å²) in [5, 5.41) is 0.737. The maximum absolute atomic E-state index is 6.50. The van der Waals surface area contributed by atoms with E-state index in [9.17, 15) is 0 Å². The number of halogens is 1. The van der Waals surface area contributed by atoms with Gasteiger partial charge in [0.2, 0.25) is 0 Å². The fraction of sp³-hybridized carbons (Fsp3) is 0.433. The Morgan fingerprint density at radius 1 is 1.17 bits per heavy atom. The molecule has 2 aliphatic rings. The number of hydrogen-bond acceptors (Lipinski definition) is 4. The Labute approximate surface area is 225 Å². The molecule has 2 aromatic carbocycles. The van der Waals surface area contributed by atoms with Crippen LogP contribution in [0.1, 0.15) is 58.1 Å². The predicted octanol–water partition coefficient (Wildman–Crippen LogP) is 7.89. The fourth-order valence-corrected chi connectivity index (χ4v) is 6.72. The van der Waals surface area contributed by atoms with Crippen molar-refractivity contribution in [3.8, 4) is 5.75 Å². The van der Waals surface area contributed by atoms with E-state index in [1.165, 1.54) is 29.7 Å². The van der Waals surface area contributed by atoms with Crippen LogP contribution in [0.4, 0.5) is 5.69 Å². The zero-order chi connectivity index (χ0) is 25.9. The average Bonchev–Trinajstić information content (AvgIpc) is 2.87. The fourth-order valence-electron chi connectivity index (χ4n) is 5.10. The number of likely N-dealkylation sites (N-methyl/N-ethyl adjacent to an activating group) is 1. The maximum Gasteiger partial charge on any atom is 0.125 e. The minimum Gasteiger partial charge on any atom is -0.487 e. The lowest BCUT2D eigenvalue weighted by molar-refractivity contribution is 0.0711. The van der Waals surface area contributed by atoms with Gasteiger partial charge in [-0.2, -0.15) is 0 Å². The summed E-state index contributed by atoms with van der Waals surface area (Å²) in [6.07, 6.45) is 8.79. The van der Waals surface area contributed by atoms with Crippen molar-refractivity contribution in [1.29, 1.82) is 0 Å².